The Labute approximate surface area is 141 Å². The second kappa shape index (κ2) is 8.88. The second-order valence-corrected chi connectivity index (χ2v) is 7.32. The summed E-state index contributed by atoms with van der Waals surface area (Å²) >= 11 is 0. The monoisotopic (exact) mass is 325 g/mol. The van der Waals surface area contributed by atoms with E-state index in [9.17, 15) is 9.90 Å². The SMILES string of the molecule is CCC1CCCCN1CCNC(=O)N1CCC(CC)(CO)CC1. The van der Waals surface area contributed by atoms with Crippen molar-refractivity contribution in [1.29, 1.82) is 0 Å². The molecule has 0 bridgehead atoms. The molecule has 2 rings (SSSR count). The molecule has 0 spiro atoms. The maximum absolute atomic E-state index is 12.3. The molecular weight excluding hydrogens is 290 g/mol. The van der Waals surface area contributed by atoms with Gasteiger partial charge in [0, 0.05) is 38.8 Å². The summed E-state index contributed by atoms with van der Waals surface area (Å²) in [5.41, 5.74) is 0.0406. The van der Waals surface area contributed by atoms with E-state index in [-0.39, 0.29) is 18.1 Å². The van der Waals surface area contributed by atoms with Gasteiger partial charge in [0.15, 0.2) is 0 Å². The number of nitrogens with zero attached hydrogens (tertiary/aromatic N) is 2. The van der Waals surface area contributed by atoms with Gasteiger partial charge in [0.25, 0.3) is 0 Å². The smallest absolute Gasteiger partial charge is 0.317 e. The maximum atomic E-state index is 12.3. The van der Waals surface area contributed by atoms with Crippen molar-refractivity contribution < 1.29 is 9.90 Å². The molecule has 1 atom stereocenters. The molecule has 2 fully saturated rings. The van der Waals surface area contributed by atoms with Crippen molar-refractivity contribution in [2.24, 2.45) is 5.41 Å². The topological polar surface area (TPSA) is 55.8 Å². The number of hydrogen-bond acceptors (Lipinski definition) is 3. The first kappa shape index (κ1) is 18.5. The first-order valence-electron chi connectivity index (χ1n) is 9.52. The van der Waals surface area contributed by atoms with E-state index in [4.69, 9.17) is 0 Å². The zero-order valence-corrected chi connectivity index (χ0v) is 15.0. The fourth-order valence-corrected chi connectivity index (χ4v) is 4.04. The molecular formula is C18H35N3O2. The van der Waals surface area contributed by atoms with Gasteiger partial charge in [-0.25, -0.2) is 4.79 Å². The Hall–Kier alpha value is -0.810. The molecule has 5 heteroatoms. The van der Waals surface area contributed by atoms with E-state index >= 15 is 0 Å². The summed E-state index contributed by atoms with van der Waals surface area (Å²) < 4.78 is 0. The fraction of sp³-hybridized carbons (Fsp3) is 0.944. The lowest BCUT2D eigenvalue weighted by Gasteiger charge is -2.40. The number of rotatable bonds is 6. The van der Waals surface area contributed by atoms with Crippen LogP contribution in [-0.2, 0) is 0 Å². The number of aliphatic hydroxyl groups is 1. The quantitative estimate of drug-likeness (QED) is 0.789. The minimum Gasteiger partial charge on any atom is -0.396 e. The van der Waals surface area contributed by atoms with Crippen LogP contribution in [0.5, 0.6) is 0 Å². The minimum absolute atomic E-state index is 0.0406. The molecule has 2 heterocycles. The average Bonchev–Trinajstić information content (AvgIpc) is 2.62. The first-order chi connectivity index (χ1) is 11.1. The lowest BCUT2D eigenvalue weighted by molar-refractivity contribution is 0.0517. The summed E-state index contributed by atoms with van der Waals surface area (Å²) in [5.74, 6) is 0. The van der Waals surface area contributed by atoms with Gasteiger partial charge in [-0.05, 0) is 50.5 Å². The molecule has 0 radical (unpaired) electrons. The lowest BCUT2D eigenvalue weighted by atomic mass is 9.77. The van der Waals surface area contributed by atoms with Gasteiger partial charge in [0.05, 0.1) is 0 Å². The van der Waals surface area contributed by atoms with Gasteiger partial charge in [-0.1, -0.05) is 20.3 Å². The molecule has 134 valence electrons. The van der Waals surface area contributed by atoms with Gasteiger partial charge in [-0.2, -0.15) is 0 Å². The molecule has 2 aliphatic rings. The van der Waals surface area contributed by atoms with E-state index < -0.39 is 0 Å². The Kier molecular flexibility index (Phi) is 7.15. The van der Waals surface area contributed by atoms with Crippen molar-refractivity contribution in [3.8, 4) is 0 Å². The van der Waals surface area contributed by atoms with E-state index in [0.29, 0.717) is 6.04 Å². The van der Waals surface area contributed by atoms with Crippen LogP contribution in [0.3, 0.4) is 0 Å². The van der Waals surface area contributed by atoms with Crippen molar-refractivity contribution in [1.82, 2.24) is 15.1 Å². The molecule has 0 aromatic rings. The second-order valence-electron chi connectivity index (χ2n) is 7.32. The van der Waals surface area contributed by atoms with Gasteiger partial charge in [0.1, 0.15) is 0 Å². The van der Waals surface area contributed by atoms with Crippen molar-refractivity contribution in [2.45, 2.75) is 64.8 Å². The van der Waals surface area contributed by atoms with Gasteiger partial charge in [-0.15, -0.1) is 0 Å². The Bertz CT molecular complexity index is 361. The van der Waals surface area contributed by atoms with E-state index in [1.165, 1.54) is 32.2 Å². The van der Waals surface area contributed by atoms with E-state index in [1.807, 2.05) is 4.90 Å². The van der Waals surface area contributed by atoms with Crippen molar-refractivity contribution >= 4 is 6.03 Å². The first-order valence-corrected chi connectivity index (χ1v) is 9.52. The van der Waals surface area contributed by atoms with Crippen LogP contribution in [0.15, 0.2) is 0 Å². The third-order valence-corrected chi connectivity index (χ3v) is 6.09. The molecule has 0 aliphatic carbocycles. The summed E-state index contributed by atoms with van der Waals surface area (Å²) in [7, 11) is 0. The molecule has 2 aliphatic heterocycles. The number of aliphatic hydroxyl groups excluding tert-OH is 1. The minimum atomic E-state index is 0.0406. The summed E-state index contributed by atoms with van der Waals surface area (Å²) in [4.78, 5) is 16.8. The predicted molar refractivity (Wildman–Crippen MR) is 93.5 cm³/mol. The fourth-order valence-electron chi connectivity index (χ4n) is 4.04. The number of likely N-dealkylation sites (tertiary alicyclic amines) is 2. The van der Waals surface area contributed by atoms with Crippen molar-refractivity contribution in [3.05, 3.63) is 0 Å². The molecule has 5 nitrogen and oxygen atoms in total. The Morgan fingerprint density at radius 2 is 1.96 bits per heavy atom. The number of urea groups is 1. The third kappa shape index (κ3) is 4.83. The van der Waals surface area contributed by atoms with E-state index in [0.717, 1.165) is 45.4 Å². The van der Waals surface area contributed by atoms with Crippen LogP contribution < -0.4 is 5.32 Å². The van der Waals surface area contributed by atoms with Crippen LogP contribution >= 0.6 is 0 Å². The highest BCUT2D eigenvalue weighted by Gasteiger charge is 2.33. The van der Waals surface area contributed by atoms with Crippen molar-refractivity contribution in [2.75, 3.05) is 39.3 Å². The summed E-state index contributed by atoms with van der Waals surface area (Å²) in [5, 5.41) is 12.7. The summed E-state index contributed by atoms with van der Waals surface area (Å²) in [6, 6.07) is 0.767. The molecule has 0 aromatic heterocycles. The Morgan fingerprint density at radius 3 is 2.57 bits per heavy atom. The molecule has 0 aromatic carbocycles. The zero-order valence-electron chi connectivity index (χ0n) is 15.0. The van der Waals surface area contributed by atoms with E-state index in [1.54, 1.807) is 0 Å². The predicted octanol–water partition coefficient (Wildman–Crippen LogP) is 2.45. The van der Waals surface area contributed by atoms with Gasteiger partial charge < -0.3 is 15.3 Å². The van der Waals surface area contributed by atoms with Crippen molar-refractivity contribution in [3.63, 3.8) is 0 Å². The van der Waals surface area contributed by atoms with Crippen LogP contribution in [0, 0.1) is 5.41 Å². The summed E-state index contributed by atoms with van der Waals surface area (Å²) in [6.07, 6.45) is 7.97. The third-order valence-electron chi connectivity index (χ3n) is 6.09. The molecule has 23 heavy (non-hydrogen) atoms. The summed E-state index contributed by atoms with van der Waals surface area (Å²) in [6.45, 7) is 9.05. The Balaban J connectivity index is 1.69. The number of carbonyl (C=O) groups is 1. The lowest BCUT2D eigenvalue weighted by Crippen LogP contribution is -2.50. The maximum Gasteiger partial charge on any atom is 0.317 e. The van der Waals surface area contributed by atoms with Crippen LogP contribution in [0.2, 0.25) is 0 Å². The number of amides is 2. The molecule has 2 amide bonds. The van der Waals surface area contributed by atoms with Crippen LogP contribution in [0.1, 0.15) is 58.8 Å². The molecule has 0 saturated carbocycles. The van der Waals surface area contributed by atoms with Crippen LogP contribution in [0.4, 0.5) is 4.79 Å². The van der Waals surface area contributed by atoms with Gasteiger partial charge in [0.2, 0.25) is 0 Å². The normalized spacial score (nSPS) is 25.3. The highest BCUT2D eigenvalue weighted by Crippen LogP contribution is 2.34. The number of carbonyl (C=O) groups excluding carboxylic acids is 1. The molecule has 1 unspecified atom stereocenters. The van der Waals surface area contributed by atoms with Crippen LogP contribution in [0.25, 0.3) is 0 Å². The number of hydrogen-bond donors (Lipinski definition) is 2. The standard InChI is InChI=1S/C18H35N3O2/c1-3-16-7-5-6-11-20(16)14-10-19-17(23)21-12-8-18(4-2,15-22)9-13-21/h16,22H,3-15H2,1-2H3,(H,19,23). The van der Waals surface area contributed by atoms with Gasteiger partial charge >= 0.3 is 6.03 Å². The Morgan fingerprint density at radius 1 is 1.22 bits per heavy atom. The zero-order chi connectivity index (χ0) is 16.7. The van der Waals surface area contributed by atoms with Gasteiger partial charge in [-0.3, -0.25) is 4.90 Å². The largest absolute Gasteiger partial charge is 0.396 e. The molecule has 2 saturated heterocycles. The highest BCUT2D eigenvalue weighted by molar-refractivity contribution is 5.74. The average molecular weight is 325 g/mol. The highest BCUT2D eigenvalue weighted by atomic mass is 16.3. The molecule has 2 N–H and O–H groups in total. The van der Waals surface area contributed by atoms with Crippen LogP contribution in [-0.4, -0.2) is 66.3 Å². The number of nitrogens with one attached hydrogen (secondary N) is 1. The van der Waals surface area contributed by atoms with E-state index in [2.05, 4.69) is 24.1 Å². The number of piperidine rings is 2.